The van der Waals surface area contributed by atoms with Gasteiger partial charge in [-0.25, -0.2) is 14.2 Å². The van der Waals surface area contributed by atoms with Gasteiger partial charge >= 0.3 is 5.97 Å². The van der Waals surface area contributed by atoms with E-state index in [0.29, 0.717) is 11.3 Å². The van der Waals surface area contributed by atoms with E-state index in [1.165, 1.54) is 18.2 Å². The fourth-order valence-electron chi connectivity index (χ4n) is 1.76. The summed E-state index contributed by atoms with van der Waals surface area (Å²) in [5.41, 5.74) is 0.904. The minimum Gasteiger partial charge on any atom is -0.478 e. The van der Waals surface area contributed by atoms with E-state index in [9.17, 15) is 14.0 Å². The summed E-state index contributed by atoms with van der Waals surface area (Å²) < 4.78 is 13.1. The number of benzene rings is 1. The molecule has 0 aliphatic heterocycles. The summed E-state index contributed by atoms with van der Waals surface area (Å²) in [6, 6.07) is 5.29. The molecule has 108 valence electrons. The normalized spacial score (nSPS) is 10.2. The summed E-state index contributed by atoms with van der Waals surface area (Å²) in [4.78, 5) is 26.5. The Kier molecular flexibility index (Phi) is 4.18. The molecule has 2 rings (SSSR count). The molecule has 21 heavy (non-hydrogen) atoms. The molecular formula is C14H10ClFN2O3. The van der Waals surface area contributed by atoms with Crippen LogP contribution < -0.4 is 5.32 Å². The van der Waals surface area contributed by atoms with Crippen molar-refractivity contribution in [1.29, 1.82) is 0 Å². The molecule has 0 saturated heterocycles. The zero-order chi connectivity index (χ0) is 15.6. The summed E-state index contributed by atoms with van der Waals surface area (Å²) >= 11 is 5.74. The maximum Gasteiger partial charge on any atom is 0.335 e. The Balaban J connectivity index is 2.26. The number of nitrogens with zero attached hydrogens (tertiary/aromatic N) is 1. The molecule has 7 heteroatoms. The molecule has 0 fully saturated rings. The Bertz CT molecular complexity index is 734. The molecule has 0 spiro atoms. The van der Waals surface area contributed by atoms with Crippen molar-refractivity contribution < 1.29 is 19.1 Å². The molecule has 1 aromatic heterocycles. The van der Waals surface area contributed by atoms with Gasteiger partial charge in [0.05, 0.1) is 17.3 Å². The summed E-state index contributed by atoms with van der Waals surface area (Å²) in [6.45, 7) is 1.61. The minimum absolute atomic E-state index is 0.100. The van der Waals surface area contributed by atoms with Crippen LogP contribution in [0, 0.1) is 12.7 Å². The topological polar surface area (TPSA) is 79.3 Å². The van der Waals surface area contributed by atoms with E-state index in [-0.39, 0.29) is 16.3 Å². The van der Waals surface area contributed by atoms with Crippen molar-refractivity contribution in [3.8, 4) is 0 Å². The van der Waals surface area contributed by atoms with Crippen molar-refractivity contribution in [2.75, 3.05) is 5.32 Å². The number of amides is 1. The highest BCUT2D eigenvalue weighted by atomic mass is 35.5. The molecule has 0 unspecified atom stereocenters. The van der Waals surface area contributed by atoms with E-state index in [1.807, 2.05) is 0 Å². The first-order valence-electron chi connectivity index (χ1n) is 5.85. The van der Waals surface area contributed by atoms with Gasteiger partial charge < -0.3 is 10.4 Å². The molecule has 0 radical (unpaired) electrons. The van der Waals surface area contributed by atoms with Gasteiger partial charge in [-0.15, -0.1) is 0 Å². The lowest BCUT2D eigenvalue weighted by Crippen LogP contribution is -2.14. The van der Waals surface area contributed by atoms with Crippen LogP contribution in [-0.4, -0.2) is 22.0 Å². The van der Waals surface area contributed by atoms with Gasteiger partial charge in [0, 0.05) is 5.69 Å². The third kappa shape index (κ3) is 3.35. The third-order valence-corrected chi connectivity index (χ3v) is 3.07. The fraction of sp³-hybridized carbons (Fsp3) is 0.0714. The van der Waals surface area contributed by atoms with Crippen molar-refractivity contribution in [3.05, 3.63) is 58.1 Å². The zero-order valence-corrected chi connectivity index (χ0v) is 11.6. The molecule has 0 saturated carbocycles. The number of hydrogen-bond acceptors (Lipinski definition) is 3. The average Bonchev–Trinajstić information content (AvgIpc) is 2.41. The van der Waals surface area contributed by atoms with E-state index in [0.717, 1.165) is 12.3 Å². The third-order valence-electron chi connectivity index (χ3n) is 2.77. The van der Waals surface area contributed by atoms with Crippen molar-refractivity contribution >= 4 is 29.2 Å². The first-order chi connectivity index (χ1) is 9.88. The van der Waals surface area contributed by atoms with Gasteiger partial charge in [0.15, 0.2) is 0 Å². The first kappa shape index (κ1) is 14.9. The number of aromatic carboxylic acids is 1. The maximum absolute atomic E-state index is 13.1. The van der Waals surface area contributed by atoms with Gasteiger partial charge in [0.1, 0.15) is 11.0 Å². The van der Waals surface area contributed by atoms with Crippen LogP contribution in [0.2, 0.25) is 5.15 Å². The lowest BCUT2D eigenvalue weighted by atomic mass is 10.1. The van der Waals surface area contributed by atoms with Gasteiger partial charge in [0.25, 0.3) is 5.91 Å². The Morgan fingerprint density at radius 3 is 2.62 bits per heavy atom. The summed E-state index contributed by atoms with van der Waals surface area (Å²) in [7, 11) is 0. The number of nitrogens with one attached hydrogen (secondary N) is 1. The van der Waals surface area contributed by atoms with Crippen molar-refractivity contribution in [3.63, 3.8) is 0 Å². The minimum atomic E-state index is -1.05. The fourth-order valence-corrected chi connectivity index (χ4v) is 1.95. The van der Waals surface area contributed by atoms with Crippen LogP contribution in [-0.2, 0) is 0 Å². The molecule has 0 aliphatic carbocycles. The predicted molar refractivity (Wildman–Crippen MR) is 75.3 cm³/mol. The summed E-state index contributed by atoms with van der Waals surface area (Å²) in [5, 5.41) is 11.3. The Labute approximate surface area is 124 Å². The number of carbonyl (C=O) groups excluding carboxylic acids is 1. The van der Waals surface area contributed by atoms with Gasteiger partial charge in [-0.2, -0.15) is 0 Å². The van der Waals surface area contributed by atoms with Crippen LogP contribution in [0.25, 0.3) is 0 Å². The molecule has 0 atom stereocenters. The van der Waals surface area contributed by atoms with Crippen LogP contribution in [0.15, 0.2) is 30.5 Å². The van der Waals surface area contributed by atoms with E-state index >= 15 is 0 Å². The van der Waals surface area contributed by atoms with Crippen LogP contribution in [0.3, 0.4) is 0 Å². The van der Waals surface area contributed by atoms with Crippen LogP contribution >= 0.6 is 11.6 Å². The molecule has 1 aromatic carbocycles. The molecule has 0 aliphatic rings. The second kappa shape index (κ2) is 5.88. The largest absolute Gasteiger partial charge is 0.478 e. The van der Waals surface area contributed by atoms with Crippen molar-refractivity contribution in [2.45, 2.75) is 6.92 Å². The SMILES string of the molecule is Cc1cc(NC(=O)c2cc(F)cnc2Cl)ccc1C(=O)O. The average molecular weight is 309 g/mol. The first-order valence-corrected chi connectivity index (χ1v) is 6.22. The lowest BCUT2D eigenvalue weighted by Gasteiger charge is -2.08. The lowest BCUT2D eigenvalue weighted by molar-refractivity contribution is 0.0696. The molecule has 5 nitrogen and oxygen atoms in total. The molecular weight excluding hydrogens is 299 g/mol. The van der Waals surface area contributed by atoms with Gasteiger partial charge in [-0.3, -0.25) is 4.79 Å². The van der Waals surface area contributed by atoms with Crippen LogP contribution in [0.1, 0.15) is 26.3 Å². The monoisotopic (exact) mass is 308 g/mol. The second-order valence-corrected chi connectivity index (χ2v) is 4.64. The van der Waals surface area contributed by atoms with Crippen LogP contribution in [0.4, 0.5) is 10.1 Å². The van der Waals surface area contributed by atoms with Crippen LogP contribution in [0.5, 0.6) is 0 Å². The standard InChI is InChI=1S/C14H10ClFN2O3/c1-7-4-9(2-3-10(7)14(20)21)18-13(19)11-5-8(16)6-17-12(11)15/h2-6H,1H3,(H,18,19)(H,20,21). The van der Waals surface area contributed by atoms with E-state index < -0.39 is 17.7 Å². The second-order valence-electron chi connectivity index (χ2n) is 4.28. The number of pyridine rings is 1. The highest BCUT2D eigenvalue weighted by molar-refractivity contribution is 6.33. The smallest absolute Gasteiger partial charge is 0.335 e. The van der Waals surface area contributed by atoms with E-state index in [4.69, 9.17) is 16.7 Å². The van der Waals surface area contributed by atoms with E-state index in [2.05, 4.69) is 10.3 Å². The Hall–Kier alpha value is -2.47. The number of halogens is 2. The number of aromatic nitrogens is 1. The van der Waals surface area contributed by atoms with Gasteiger partial charge in [-0.1, -0.05) is 11.6 Å². The number of carbonyl (C=O) groups is 2. The van der Waals surface area contributed by atoms with Crippen molar-refractivity contribution in [1.82, 2.24) is 4.98 Å². The maximum atomic E-state index is 13.1. The molecule has 1 heterocycles. The number of hydrogen-bond donors (Lipinski definition) is 2. The van der Waals surface area contributed by atoms with Gasteiger partial charge in [-0.05, 0) is 36.8 Å². The van der Waals surface area contributed by atoms with E-state index in [1.54, 1.807) is 6.92 Å². The number of rotatable bonds is 3. The van der Waals surface area contributed by atoms with Crippen molar-refractivity contribution in [2.24, 2.45) is 0 Å². The number of carboxylic acids is 1. The number of anilines is 1. The summed E-state index contributed by atoms with van der Waals surface area (Å²) in [5.74, 6) is -2.36. The quantitative estimate of drug-likeness (QED) is 0.854. The summed E-state index contributed by atoms with van der Waals surface area (Å²) in [6.07, 6.45) is 0.908. The number of aryl methyl sites for hydroxylation is 1. The molecule has 2 aromatic rings. The highest BCUT2D eigenvalue weighted by Gasteiger charge is 2.14. The Morgan fingerprint density at radius 2 is 2.00 bits per heavy atom. The zero-order valence-electron chi connectivity index (χ0n) is 10.9. The predicted octanol–water partition coefficient (Wildman–Crippen LogP) is 3.13. The molecule has 0 bridgehead atoms. The highest BCUT2D eigenvalue weighted by Crippen LogP contribution is 2.19. The molecule has 1 amide bonds. The van der Waals surface area contributed by atoms with Gasteiger partial charge in [0.2, 0.25) is 0 Å². The Morgan fingerprint density at radius 1 is 1.29 bits per heavy atom. The number of carboxylic acid groups (broad SMARTS) is 1. The molecule has 2 N–H and O–H groups in total.